The highest BCUT2D eigenvalue weighted by molar-refractivity contribution is 7.92. The number of ether oxygens (including phenoxy) is 1. The van der Waals surface area contributed by atoms with Crippen LogP contribution in [-0.4, -0.2) is 38.5 Å². The van der Waals surface area contributed by atoms with Gasteiger partial charge in [-0.1, -0.05) is 30.7 Å². The molecule has 7 heteroatoms. The largest absolute Gasteiger partial charge is 0.465 e. The van der Waals surface area contributed by atoms with Crippen molar-refractivity contribution in [3.8, 4) is 0 Å². The fourth-order valence-corrected chi connectivity index (χ4v) is 5.39. The van der Waals surface area contributed by atoms with Crippen molar-refractivity contribution < 1.29 is 17.9 Å². The maximum atomic E-state index is 12.4. The molecule has 1 aromatic rings. The molecule has 2 N–H and O–H groups in total. The number of nitrogens with two attached hydrogens (primary N) is 1. The lowest BCUT2D eigenvalue weighted by Gasteiger charge is -2.14. The van der Waals surface area contributed by atoms with E-state index in [-0.39, 0.29) is 18.9 Å². The third-order valence-corrected chi connectivity index (χ3v) is 6.75. The van der Waals surface area contributed by atoms with Crippen molar-refractivity contribution in [1.82, 2.24) is 0 Å². The summed E-state index contributed by atoms with van der Waals surface area (Å²) in [5.74, 6) is -1.11. The fourth-order valence-electron chi connectivity index (χ4n) is 3.12. The fraction of sp³-hybridized carbons (Fsp3) is 0.533. The van der Waals surface area contributed by atoms with Gasteiger partial charge in [0.25, 0.3) is 0 Å². The Labute approximate surface area is 135 Å². The zero-order valence-corrected chi connectivity index (χ0v) is 14.2. The van der Waals surface area contributed by atoms with Gasteiger partial charge in [-0.3, -0.25) is 4.79 Å². The molecular formula is C15H20ClNO4S. The predicted octanol–water partition coefficient (Wildman–Crippen LogP) is 1.75. The Kier molecular flexibility index (Phi) is 4.84. The Morgan fingerprint density at radius 2 is 2.09 bits per heavy atom. The molecule has 0 aliphatic heterocycles. The second kappa shape index (κ2) is 6.18. The maximum Gasteiger partial charge on any atom is 0.315 e. The summed E-state index contributed by atoms with van der Waals surface area (Å²) in [5, 5.41) is -0.362. The lowest BCUT2D eigenvalue weighted by atomic mass is 9.99. The number of halogens is 1. The number of hydrogen-bond acceptors (Lipinski definition) is 5. The molecule has 0 saturated heterocycles. The van der Waals surface area contributed by atoms with Crippen LogP contribution in [0.3, 0.4) is 0 Å². The molecule has 0 radical (unpaired) electrons. The normalized spacial score (nSPS) is 27.5. The molecule has 3 atom stereocenters. The average Bonchev–Trinajstić information content (AvgIpc) is 3.19. The lowest BCUT2D eigenvalue weighted by Crippen LogP contribution is -2.34. The van der Waals surface area contributed by atoms with E-state index in [1.807, 2.05) is 0 Å². The molecule has 2 rings (SSSR count). The van der Waals surface area contributed by atoms with Gasteiger partial charge in [-0.05, 0) is 24.6 Å². The van der Waals surface area contributed by atoms with Gasteiger partial charge in [0.05, 0.1) is 11.9 Å². The summed E-state index contributed by atoms with van der Waals surface area (Å²) in [6, 6.07) is 6.88. The van der Waals surface area contributed by atoms with Gasteiger partial charge in [0.1, 0.15) is 5.41 Å². The molecule has 0 amide bonds. The Hall–Kier alpha value is -1.11. The van der Waals surface area contributed by atoms with Crippen LogP contribution in [0.15, 0.2) is 24.3 Å². The van der Waals surface area contributed by atoms with Crippen LogP contribution in [0.25, 0.3) is 0 Å². The van der Waals surface area contributed by atoms with E-state index in [0.29, 0.717) is 10.6 Å². The van der Waals surface area contributed by atoms with Crippen LogP contribution < -0.4 is 5.73 Å². The summed E-state index contributed by atoms with van der Waals surface area (Å²) < 4.78 is 29.9. The van der Waals surface area contributed by atoms with Gasteiger partial charge in [0.2, 0.25) is 0 Å². The van der Waals surface area contributed by atoms with Crippen LogP contribution in [0.2, 0.25) is 5.02 Å². The van der Waals surface area contributed by atoms with Gasteiger partial charge in [0.15, 0.2) is 9.84 Å². The molecule has 1 fully saturated rings. The first-order valence-corrected chi connectivity index (χ1v) is 9.28. The molecule has 1 aliphatic carbocycles. The number of hydrogen-bond donors (Lipinski definition) is 1. The Morgan fingerprint density at radius 3 is 2.59 bits per heavy atom. The molecule has 1 aromatic carbocycles. The first kappa shape index (κ1) is 17.2. The number of carbonyl (C=O) groups is 1. The monoisotopic (exact) mass is 345 g/mol. The molecule has 5 nitrogen and oxygen atoms in total. The van der Waals surface area contributed by atoms with Crippen molar-refractivity contribution in [2.75, 3.05) is 18.9 Å². The minimum Gasteiger partial charge on any atom is -0.465 e. The molecule has 0 bridgehead atoms. The molecular weight excluding hydrogens is 326 g/mol. The molecule has 0 aromatic heterocycles. The quantitative estimate of drug-likeness (QED) is 0.794. The standard InChI is InChI=1S/C15H20ClNO4S/c1-3-21-14(18)15(9-17)12(13(15)22(19,20)4-2)10-6-5-7-11(16)8-10/h5-8,12-13H,3-4,9,17H2,1-2H3/t12-,13-,15-/m1/s1. The van der Waals surface area contributed by atoms with Crippen LogP contribution in [0.5, 0.6) is 0 Å². The SMILES string of the molecule is CCOC(=O)[C@]1(CN)[C@H](c2cccc(Cl)c2)[C@H]1S(=O)(=O)CC. The summed E-state index contributed by atoms with van der Waals surface area (Å²) in [5.41, 5.74) is 5.30. The second-order valence-corrected chi connectivity index (χ2v) is 8.22. The number of rotatable bonds is 6. The second-order valence-electron chi connectivity index (χ2n) is 5.37. The van der Waals surface area contributed by atoms with Gasteiger partial charge in [-0.25, -0.2) is 8.42 Å². The third kappa shape index (κ3) is 2.64. The van der Waals surface area contributed by atoms with Crippen molar-refractivity contribution >= 4 is 27.4 Å². The van der Waals surface area contributed by atoms with E-state index in [0.717, 1.165) is 0 Å². The van der Waals surface area contributed by atoms with Crippen LogP contribution in [0.1, 0.15) is 25.3 Å². The molecule has 1 aliphatic rings. The molecule has 1 saturated carbocycles. The van der Waals surface area contributed by atoms with Crippen LogP contribution in [0.4, 0.5) is 0 Å². The number of esters is 1. The third-order valence-electron chi connectivity index (χ3n) is 4.25. The Bertz CT molecular complexity index is 676. The lowest BCUT2D eigenvalue weighted by molar-refractivity contribution is -0.149. The smallest absolute Gasteiger partial charge is 0.315 e. The number of carbonyl (C=O) groups excluding carboxylic acids is 1. The summed E-state index contributed by atoms with van der Waals surface area (Å²) in [6.45, 7) is 3.35. The molecule has 22 heavy (non-hydrogen) atoms. The van der Waals surface area contributed by atoms with E-state index in [1.54, 1.807) is 38.1 Å². The predicted molar refractivity (Wildman–Crippen MR) is 85.6 cm³/mol. The zero-order valence-electron chi connectivity index (χ0n) is 12.6. The highest BCUT2D eigenvalue weighted by Gasteiger charge is 2.75. The van der Waals surface area contributed by atoms with Crippen molar-refractivity contribution in [1.29, 1.82) is 0 Å². The highest BCUT2D eigenvalue weighted by atomic mass is 35.5. The summed E-state index contributed by atoms with van der Waals surface area (Å²) in [6.07, 6.45) is 0. The Balaban J connectivity index is 2.52. The van der Waals surface area contributed by atoms with Crippen molar-refractivity contribution in [3.63, 3.8) is 0 Å². The highest BCUT2D eigenvalue weighted by Crippen LogP contribution is 2.63. The topological polar surface area (TPSA) is 86.5 Å². The van der Waals surface area contributed by atoms with Gasteiger partial charge in [-0.2, -0.15) is 0 Å². The van der Waals surface area contributed by atoms with E-state index in [9.17, 15) is 13.2 Å². The van der Waals surface area contributed by atoms with Gasteiger partial charge in [-0.15, -0.1) is 0 Å². The molecule has 0 spiro atoms. The first-order chi connectivity index (χ1) is 10.3. The average molecular weight is 346 g/mol. The summed E-state index contributed by atoms with van der Waals surface area (Å²) in [4.78, 5) is 12.4. The molecule has 122 valence electrons. The van der Waals surface area contributed by atoms with Crippen molar-refractivity contribution in [2.45, 2.75) is 25.0 Å². The van der Waals surface area contributed by atoms with Crippen LogP contribution >= 0.6 is 11.6 Å². The summed E-state index contributed by atoms with van der Waals surface area (Å²) >= 11 is 5.99. The minimum atomic E-state index is -3.44. The van der Waals surface area contributed by atoms with E-state index in [1.165, 1.54) is 0 Å². The Morgan fingerprint density at radius 1 is 1.41 bits per heavy atom. The van der Waals surface area contributed by atoms with E-state index >= 15 is 0 Å². The van der Waals surface area contributed by atoms with Crippen LogP contribution in [-0.2, 0) is 19.4 Å². The first-order valence-electron chi connectivity index (χ1n) is 7.19. The van der Waals surface area contributed by atoms with Gasteiger partial charge in [0, 0.05) is 23.2 Å². The van der Waals surface area contributed by atoms with E-state index in [4.69, 9.17) is 22.1 Å². The van der Waals surface area contributed by atoms with E-state index < -0.39 is 32.4 Å². The van der Waals surface area contributed by atoms with Crippen LogP contribution in [0, 0.1) is 5.41 Å². The zero-order chi connectivity index (χ0) is 16.5. The van der Waals surface area contributed by atoms with Gasteiger partial charge >= 0.3 is 5.97 Å². The van der Waals surface area contributed by atoms with Crippen molar-refractivity contribution in [2.24, 2.45) is 11.1 Å². The van der Waals surface area contributed by atoms with Gasteiger partial charge < -0.3 is 10.5 Å². The molecule has 0 heterocycles. The molecule has 0 unspecified atom stereocenters. The number of sulfone groups is 1. The summed E-state index contributed by atoms with van der Waals surface area (Å²) in [7, 11) is -3.44. The van der Waals surface area contributed by atoms with Crippen molar-refractivity contribution in [3.05, 3.63) is 34.9 Å². The number of benzene rings is 1. The minimum absolute atomic E-state index is 0.0457. The maximum absolute atomic E-state index is 12.4. The van der Waals surface area contributed by atoms with E-state index in [2.05, 4.69) is 0 Å².